The fourth-order valence-corrected chi connectivity index (χ4v) is 10.9. The van der Waals surface area contributed by atoms with E-state index in [0.717, 1.165) is 12.0 Å². The summed E-state index contributed by atoms with van der Waals surface area (Å²) in [6, 6.07) is 9.85. The second kappa shape index (κ2) is 24.6. The van der Waals surface area contributed by atoms with Crippen molar-refractivity contribution in [1.82, 2.24) is 46.4 Å². The summed E-state index contributed by atoms with van der Waals surface area (Å²) in [5, 5.41) is 27.5. The maximum Gasteiger partial charge on any atom is 0.343 e. The maximum absolute atomic E-state index is 15.4. The molecule has 0 spiro atoms. The number of likely N-dealkylation sites (tertiary alicyclic amines) is 1. The van der Waals surface area contributed by atoms with Gasteiger partial charge in [-0.3, -0.25) is 48.1 Å². The number of halogens is 1. The lowest BCUT2D eigenvalue weighted by atomic mass is 9.76. The second-order valence-corrected chi connectivity index (χ2v) is 21.4. The Morgan fingerprint density at radius 3 is 2.34 bits per heavy atom. The van der Waals surface area contributed by atoms with Crippen LogP contribution in [-0.4, -0.2) is 118 Å². The molecule has 1 fully saturated rings. The average molecular weight is 1110 g/mol. The van der Waals surface area contributed by atoms with E-state index in [0.29, 0.717) is 83.2 Å². The Bertz CT molecular complexity index is 3220. The summed E-state index contributed by atoms with van der Waals surface area (Å²) in [5.41, 5.74) is 1.57. The zero-order valence-corrected chi connectivity index (χ0v) is 45.6. The lowest BCUT2D eigenvalue weighted by Gasteiger charge is -2.31. The van der Waals surface area contributed by atoms with Crippen LogP contribution in [0.15, 0.2) is 47.3 Å². The number of aromatic nitrogens is 2. The van der Waals surface area contributed by atoms with Crippen molar-refractivity contribution in [2.75, 3.05) is 39.5 Å². The average Bonchev–Trinajstić information content (AvgIpc) is 4.17. The van der Waals surface area contributed by atoms with Gasteiger partial charge in [0, 0.05) is 48.4 Å². The highest BCUT2D eigenvalue weighted by atomic mass is 19.1. The number of benzene rings is 2. The van der Waals surface area contributed by atoms with Crippen molar-refractivity contribution in [1.29, 1.82) is 0 Å². The summed E-state index contributed by atoms with van der Waals surface area (Å²) < 4.78 is 27.6. The van der Waals surface area contributed by atoms with E-state index in [1.807, 2.05) is 20.8 Å². The van der Waals surface area contributed by atoms with E-state index in [9.17, 15) is 53.1 Å². The molecule has 2 unspecified atom stereocenters. The molecular weight excluding hydrogens is 1040 g/mol. The van der Waals surface area contributed by atoms with Gasteiger partial charge in [0.1, 0.15) is 31.8 Å². The smallest absolute Gasteiger partial charge is 0.343 e. The molecule has 3 aliphatic heterocycles. The fraction of sp³-hybridized carbons (Fsp3) is 0.491. The molecule has 4 aromatic rings. The van der Waals surface area contributed by atoms with Gasteiger partial charge >= 0.3 is 5.97 Å². The van der Waals surface area contributed by atoms with E-state index >= 15 is 4.39 Å². The molecule has 22 nitrogen and oxygen atoms in total. The number of carbonyl (C=O) groups excluding carboxylic acids is 9. The van der Waals surface area contributed by atoms with E-state index in [4.69, 9.17) is 14.5 Å². The highest BCUT2D eigenvalue weighted by Gasteiger charge is 2.47. The summed E-state index contributed by atoms with van der Waals surface area (Å²) in [6.07, 6.45) is 3.45. The maximum atomic E-state index is 15.4. The molecule has 7 N–H and O–H groups in total. The number of rotatable bonds is 24. The van der Waals surface area contributed by atoms with E-state index in [-0.39, 0.29) is 79.0 Å². The minimum atomic E-state index is -2.05. The summed E-state index contributed by atoms with van der Waals surface area (Å²) in [6.45, 7) is 6.90. The van der Waals surface area contributed by atoms with Crippen LogP contribution in [0.4, 0.5) is 4.39 Å². The van der Waals surface area contributed by atoms with Crippen LogP contribution >= 0.6 is 0 Å². The zero-order valence-electron chi connectivity index (χ0n) is 45.6. The molecule has 426 valence electrons. The van der Waals surface area contributed by atoms with Gasteiger partial charge in [-0.25, -0.2) is 14.2 Å². The molecule has 0 radical (unpaired) electrons. The topological polar surface area (TPSA) is 303 Å². The molecule has 8 rings (SSSR count). The number of fused-ring (bicyclic) bond motifs is 5. The highest BCUT2D eigenvalue weighted by molar-refractivity contribution is 6.04. The first kappa shape index (κ1) is 58.2. The van der Waals surface area contributed by atoms with Gasteiger partial charge in [-0.2, -0.15) is 0 Å². The molecule has 1 aliphatic carbocycles. The van der Waals surface area contributed by atoms with Crippen molar-refractivity contribution in [2.24, 2.45) is 11.3 Å². The molecule has 80 heavy (non-hydrogen) atoms. The molecule has 2 aromatic carbocycles. The van der Waals surface area contributed by atoms with Gasteiger partial charge in [-0.1, -0.05) is 70.9 Å². The van der Waals surface area contributed by atoms with Gasteiger partial charge in [0.2, 0.25) is 47.3 Å². The third-order valence-electron chi connectivity index (χ3n) is 16.0. The standard InChI is InChI=1S/C57H68FN9O13/c1-6-56(4,5)37-22-48(73)66(54(37)76)19-13-9-12-16-43(68)59-24-44(69)60-26-46(71)64-41(20-32-14-10-8-11-15-32)52(74)61-25-45(70)62-30-79-29-47(72)63-39-18-17-33-31(3)38(58)23-40-49(33)50(39)34-27-67-42(51(34)65-40)21-36-35(53(67)75)28-80-55(77)57(36,78)7-2/h8,10-11,14-15,21,23,37,39,41,78H,6-7,9,12-13,16-20,22,24-30H2,1-5H3,(H,59,68)(H,60,69)(H,61,74)(H,62,70)(H,63,72)(H,64,71)/t37?,39-,41?,57-/m0/s1. The first-order valence-corrected chi connectivity index (χ1v) is 27.1. The normalized spacial score (nSPS) is 18.4. The fourth-order valence-electron chi connectivity index (χ4n) is 10.9. The molecule has 8 amide bonds. The molecule has 4 atom stereocenters. The number of carbonyl (C=O) groups is 9. The van der Waals surface area contributed by atoms with Gasteiger partial charge in [-0.15, -0.1) is 0 Å². The number of imide groups is 1. The molecule has 4 aliphatic rings. The van der Waals surface area contributed by atoms with Crippen molar-refractivity contribution in [2.45, 2.75) is 130 Å². The number of hydrogen-bond acceptors (Lipinski definition) is 14. The van der Waals surface area contributed by atoms with E-state index in [1.165, 1.54) is 15.5 Å². The SMILES string of the molecule is CCC(C)(C)C1CC(=O)N(CCCCCC(=O)NCC(=O)NCC(=O)NC(Cc2ccccc2)C(=O)NCC(=O)NCOCC(=O)N[C@H]2CCc3c(C)c(F)cc4nc5c(c2c34)Cn2c-5cc3c(c2=O)COC(=O)[C@]3(O)CC)C1=O. The number of nitrogens with one attached hydrogen (secondary N) is 6. The minimum Gasteiger partial charge on any atom is -0.458 e. The number of unbranched alkanes of at least 4 members (excludes halogenated alkanes) is 2. The Hall–Kier alpha value is -7.92. The Morgan fingerprint density at radius 1 is 0.887 bits per heavy atom. The molecule has 0 bridgehead atoms. The van der Waals surface area contributed by atoms with Gasteiger partial charge in [0.15, 0.2) is 5.60 Å². The summed E-state index contributed by atoms with van der Waals surface area (Å²) in [5.74, 6) is -5.68. The lowest BCUT2D eigenvalue weighted by molar-refractivity contribution is -0.172. The number of pyridine rings is 2. The number of esters is 1. The number of amides is 8. The van der Waals surface area contributed by atoms with Crippen LogP contribution in [-0.2, 0) is 84.2 Å². The number of aliphatic hydroxyl groups is 1. The van der Waals surface area contributed by atoms with Crippen molar-refractivity contribution < 1.29 is 62.1 Å². The van der Waals surface area contributed by atoms with Crippen molar-refractivity contribution >= 4 is 64.1 Å². The number of aryl methyl sites for hydroxylation is 1. The zero-order chi connectivity index (χ0) is 57.6. The second-order valence-electron chi connectivity index (χ2n) is 21.4. The quantitative estimate of drug-likeness (QED) is 0.0202. The van der Waals surface area contributed by atoms with Gasteiger partial charge in [0.05, 0.1) is 60.6 Å². The number of nitrogens with zero attached hydrogens (tertiary/aromatic N) is 3. The van der Waals surface area contributed by atoms with Crippen molar-refractivity contribution in [3.8, 4) is 11.4 Å². The molecule has 23 heteroatoms. The molecule has 2 aromatic heterocycles. The third-order valence-corrected chi connectivity index (χ3v) is 16.0. The van der Waals surface area contributed by atoms with Crippen LogP contribution in [0, 0.1) is 24.1 Å². The van der Waals surface area contributed by atoms with E-state index < -0.39 is 97.5 Å². The van der Waals surface area contributed by atoms with Gasteiger partial charge in [0.25, 0.3) is 5.56 Å². The Balaban J connectivity index is 0.782. The van der Waals surface area contributed by atoms with E-state index in [1.54, 1.807) is 50.2 Å². The summed E-state index contributed by atoms with van der Waals surface area (Å²) in [7, 11) is 0. The van der Waals surface area contributed by atoms with Crippen LogP contribution in [0.2, 0.25) is 0 Å². The van der Waals surface area contributed by atoms with Crippen molar-refractivity contribution in [3.05, 3.63) is 97.6 Å². The summed E-state index contributed by atoms with van der Waals surface area (Å²) >= 11 is 0. The molecule has 0 saturated carbocycles. The Morgan fingerprint density at radius 2 is 1.60 bits per heavy atom. The Kier molecular flexibility index (Phi) is 17.9. The van der Waals surface area contributed by atoms with Crippen LogP contribution in [0.3, 0.4) is 0 Å². The summed E-state index contributed by atoms with van der Waals surface area (Å²) in [4.78, 5) is 136. The first-order valence-electron chi connectivity index (χ1n) is 27.1. The van der Waals surface area contributed by atoms with E-state index in [2.05, 4.69) is 31.9 Å². The molecule has 5 heterocycles. The Labute approximate surface area is 460 Å². The number of ether oxygens (including phenoxy) is 2. The third kappa shape index (κ3) is 12.4. The lowest BCUT2D eigenvalue weighted by Crippen LogP contribution is -2.52. The van der Waals surface area contributed by atoms with Crippen LogP contribution < -0.4 is 37.5 Å². The minimum absolute atomic E-state index is 0.0373. The predicted octanol–water partition coefficient (Wildman–Crippen LogP) is 2.17. The highest BCUT2D eigenvalue weighted by Crippen LogP contribution is 2.46. The van der Waals surface area contributed by atoms with Crippen molar-refractivity contribution in [3.63, 3.8) is 0 Å². The largest absolute Gasteiger partial charge is 0.458 e. The number of hydrogen-bond donors (Lipinski definition) is 7. The number of cyclic esters (lactones) is 1. The first-order chi connectivity index (χ1) is 38.1. The van der Waals surface area contributed by atoms with Gasteiger partial charge in [-0.05, 0) is 72.8 Å². The molecular formula is C57H68FN9O13. The van der Waals surface area contributed by atoms with Gasteiger partial charge < -0.3 is 51.0 Å². The van der Waals surface area contributed by atoms with Crippen LogP contribution in [0.25, 0.3) is 22.3 Å². The monoisotopic (exact) mass is 1110 g/mol. The van der Waals surface area contributed by atoms with Crippen LogP contribution in [0.1, 0.15) is 124 Å². The van der Waals surface area contributed by atoms with Crippen LogP contribution in [0.5, 0.6) is 0 Å². The molecule has 1 saturated heterocycles. The predicted molar refractivity (Wildman–Crippen MR) is 286 cm³/mol.